The second-order valence-corrected chi connectivity index (χ2v) is 4.87. The van der Waals surface area contributed by atoms with Crippen LogP contribution < -0.4 is 10.1 Å². The first-order valence-corrected chi connectivity index (χ1v) is 6.55. The highest BCUT2D eigenvalue weighted by atomic mass is 79.9. The van der Waals surface area contributed by atoms with E-state index in [0.29, 0.717) is 10.0 Å². The molecular formula is C13H13BrN2O4. The Morgan fingerprint density at radius 1 is 1.50 bits per heavy atom. The summed E-state index contributed by atoms with van der Waals surface area (Å²) in [6, 6.07) is 5.02. The summed E-state index contributed by atoms with van der Waals surface area (Å²) >= 11 is 3.21. The zero-order valence-corrected chi connectivity index (χ0v) is 12.4. The Bertz CT molecular complexity index is 566. The third-order valence-electron chi connectivity index (χ3n) is 2.38. The maximum Gasteiger partial charge on any atom is 0.339 e. The largest absolute Gasteiger partial charge is 0.483 e. The SMILES string of the molecule is Cc1cc(Br)cc(C(=O)O)c1OCC(=O)NCCC#N. The molecular weight excluding hydrogens is 328 g/mol. The van der Waals surface area contributed by atoms with Gasteiger partial charge >= 0.3 is 5.97 Å². The molecule has 0 radical (unpaired) electrons. The number of aromatic carboxylic acids is 1. The van der Waals surface area contributed by atoms with E-state index in [4.69, 9.17) is 15.1 Å². The van der Waals surface area contributed by atoms with Crippen molar-refractivity contribution in [3.05, 3.63) is 27.7 Å². The molecule has 6 nitrogen and oxygen atoms in total. The van der Waals surface area contributed by atoms with Crippen LogP contribution in [0.4, 0.5) is 0 Å². The normalized spacial score (nSPS) is 9.65. The third-order valence-corrected chi connectivity index (χ3v) is 2.83. The number of amides is 1. The molecule has 0 saturated heterocycles. The number of nitrogens with one attached hydrogen (secondary N) is 1. The summed E-state index contributed by atoms with van der Waals surface area (Å²) in [6.45, 7) is 1.64. The summed E-state index contributed by atoms with van der Waals surface area (Å²) in [5, 5.41) is 20.0. The Balaban J connectivity index is 2.75. The number of hydrogen-bond donors (Lipinski definition) is 2. The molecule has 0 aliphatic heterocycles. The van der Waals surface area contributed by atoms with Crippen LogP contribution >= 0.6 is 15.9 Å². The van der Waals surface area contributed by atoms with Crippen LogP contribution in [0.1, 0.15) is 22.3 Å². The Kier molecular flexibility index (Phi) is 6.00. The number of rotatable bonds is 6. The molecule has 0 heterocycles. The summed E-state index contributed by atoms with van der Waals surface area (Å²) in [5.41, 5.74) is 0.600. The van der Waals surface area contributed by atoms with Gasteiger partial charge < -0.3 is 15.2 Å². The van der Waals surface area contributed by atoms with Crippen molar-refractivity contribution in [2.45, 2.75) is 13.3 Å². The zero-order chi connectivity index (χ0) is 15.1. The number of carboxylic acids is 1. The van der Waals surface area contributed by atoms with Gasteiger partial charge in [0.2, 0.25) is 0 Å². The molecule has 0 aromatic heterocycles. The second kappa shape index (κ2) is 7.50. The van der Waals surface area contributed by atoms with Crippen LogP contribution in [0.25, 0.3) is 0 Å². The summed E-state index contributed by atoms with van der Waals surface area (Å²) in [6.07, 6.45) is 0.212. The quantitative estimate of drug-likeness (QED) is 0.770. The predicted octanol–water partition coefficient (Wildman–Crippen LogP) is 1.86. The van der Waals surface area contributed by atoms with Crippen molar-refractivity contribution in [2.24, 2.45) is 0 Å². The molecule has 1 aromatic rings. The summed E-state index contributed by atoms with van der Waals surface area (Å²) in [7, 11) is 0. The highest BCUT2D eigenvalue weighted by molar-refractivity contribution is 9.10. The van der Waals surface area contributed by atoms with E-state index in [0.717, 1.165) is 0 Å². The zero-order valence-electron chi connectivity index (χ0n) is 10.8. The number of hydrogen-bond acceptors (Lipinski definition) is 4. The topological polar surface area (TPSA) is 99.4 Å². The average molecular weight is 341 g/mol. The van der Waals surface area contributed by atoms with Crippen LogP contribution in [0.2, 0.25) is 0 Å². The molecule has 1 amide bonds. The number of nitrogens with zero attached hydrogens (tertiary/aromatic N) is 1. The van der Waals surface area contributed by atoms with E-state index in [1.807, 2.05) is 6.07 Å². The van der Waals surface area contributed by atoms with Crippen LogP contribution in [0, 0.1) is 18.3 Å². The smallest absolute Gasteiger partial charge is 0.339 e. The molecule has 0 saturated carbocycles. The van der Waals surface area contributed by atoms with E-state index >= 15 is 0 Å². The number of nitriles is 1. The van der Waals surface area contributed by atoms with Crippen LogP contribution in [0.15, 0.2) is 16.6 Å². The van der Waals surface area contributed by atoms with Crippen LogP contribution in [0.5, 0.6) is 5.75 Å². The van der Waals surface area contributed by atoms with Crippen molar-refractivity contribution < 1.29 is 19.4 Å². The number of ether oxygens (including phenoxy) is 1. The molecule has 1 rings (SSSR count). The molecule has 0 atom stereocenters. The highest BCUT2D eigenvalue weighted by Gasteiger charge is 2.16. The first-order chi connectivity index (χ1) is 9.45. The van der Waals surface area contributed by atoms with E-state index in [1.165, 1.54) is 6.07 Å². The standard InChI is InChI=1S/C13H13BrN2O4/c1-8-5-9(14)6-10(13(18)19)12(8)20-7-11(17)16-4-2-3-15/h5-6H,2,4,7H2,1H3,(H,16,17)(H,18,19). The van der Waals surface area contributed by atoms with Gasteiger partial charge in [-0.25, -0.2) is 4.79 Å². The third kappa shape index (κ3) is 4.55. The maximum atomic E-state index is 11.4. The molecule has 2 N–H and O–H groups in total. The molecule has 0 bridgehead atoms. The molecule has 1 aromatic carbocycles. The van der Waals surface area contributed by atoms with E-state index in [-0.39, 0.29) is 30.9 Å². The average Bonchev–Trinajstić information content (AvgIpc) is 2.37. The number of halogens is 1. The molecule has 20 heavy (non-hydrogen) atoms. The fourth-order valence-electron chi connectivity index (χ4n) is 1.53. The van der Waals surface area contributed by atoms with Crippen molar-refractivity contribution in [1.29, 1.82) is 5.26 Å². The lowest BCUT2D eigenvalue weighted by molar-refractivity contribution is -0.123. The highest BCUT2D eigenvalue weighted by Crippen LogP contribution is 2.28. The number of carbonyl (C=O) groups excluding carboxylic acids is 1. The summed E-state index contributed by atoms with van der Waals surface area (Å²) < 4.78 is 5.90. The van der Waals surface area contributed by atoms with E-state index in [2.05, 4.69) is 21.2 Å². The number of aryl methyl sites for hydroxylation is 1. The molecule has 0 fully saturated rings. The minimum Gasteiger partial charge on any atom is -0.483 e. The van der Waals surface area contributed by atoms with Crippen molar-refractivity contribution in [3.63, 3.8) is 0 Å². The van der Waals surface area contributed by atoms with Gasteiger partial charge in [-0.2, -0.15) is 5.26 Å². The van der Waals surface area contributed by atoms with Gasteiger partial charge in [-0.05, 0) is 24.6 Å². The van der Waals surface area contributed by atoms with Crippen molar-refractivity contribution in [2.75, 3.05) is 13.2 Å². The van der Waals surface area contributed by atoms with E-state index < -0.39 is 11.9 Å². The van der Waals surface area contributed by atoms with Gasteiger partial charge in [-0.3, -0.25) is 4.79 Å². The molecule has 0 aliphatic rings. The molecule has 0 aliphatic carbocycles. The lowest BCUT2D eigenvalue weighted by atomic mass is 10.1. The van der Waals surface area contributed by atoms with Crippen molar-refractivity contribution in [3.8, 4) is 11.8 Å². The van der Waals surface area contributed by atoms with Gasteiger partial charge in [-0.1, -0.05) is 15.9 Å². The minimum absolute atomic E-state index is 0.0123. The van der Waals surface area contributed by atoms with Crippen LogP contribution in [-0.4, -0.2) is 30.1 Å². The first kappa shape index (κ1) is 16.0. The number of carboxylic acid groups (broad SMARTS) is 1. The predicted molar refractivity (Wildman–Crippen MR) is 74.6 cm³/mol. The van der Waals surface area contributed by atoms with Crippen molar-refractivity contribution in [1.82, 2.24) is 5.32 Å². The lowest BCUT2D eigenvalue weighted by Crippen LogP contribution is -2.29. The molecule has 0 spiro atoms. The molecule has 0 unspecified atom stereocenters. The first-order valence-electron chi connectivity index (χ1n) is 5.75. The minimum atomic E-state index is -1.13. The number of carbonyl (C=O) groups is 2. The summed E-state index contributed by atoms with van der Waals surface area (Å²) in [4.78, 5) is 22.6. The number of benzene rings is 1. The fourth-order valence-corrected chi connectivity index (χ4v) is 2.10. The Morgan fingerprint density at radius 2 is 2.20 bits per heavy atom. The van der Waals surface area contributed by atoms with Crippen LogP contribution in [0.3, 0.4) is 0 Å². The van der Waals surface area contributed by atoms with E-state index in [1.54, 1.807) is 13.0 Å². The lowest BCUT2D eigenvalue weighted by Gasteiger charge is -2.12. The van der Waals surface area contributed by atoms with Crippen molar-refractivity contribution >= 4 is 27.8 Å². The van der Waals surface area contributed by atoms with Gasteiger partial charge in [-0.15, -0.1) is 0 Å². The Hall–Kier alpha value is -2.07. The molecule has 7 heteroatoms. The second-order valence-electron chi connectivity index (χ2n) is 3.95. The monoisotopic (exact) mass is 340 g/mol. The molecule has 106 valence electrons. The van der Waals surface area contributed by atoms with Gasteiger partial charge in [0.15, 0.2) is 6.61 Å². The van der Waals surface area contributed by atoms with Crippen LogP contribution in [-0.2, 0) is 4.79 Å². The maximum absolute atomic E-state index is 11.4. The summed E-state index contributed by atoms with van der Waals surface area (Å²) in [5.74, 6) is -1.37. The fraction of sp³-hybridized carbons (Fsp3) is 0.308. The van der Waals surface area contributed by atoms with E-state index in [9.17, 15) is 9.59 Å². The van der Waals surface area contributed by atoms with Gasteiger partial charge in [0.05, 0.1) is 12.5 Å². The van der Waals surface area contributed by atoms with Gasteiger partial charge in [0.25, 0.3) is 5.91 Å². The Labute approximate surface area is 124 Å². The Morgan fingerprint density at radius 3 is 2.80 bits per heavy atom. The van der Waals surface area contributed by atoms with Gasteiger partial charge in [0.1, 0.15) is 11.3 Å². The van der Waals surface area contributed by atoms with Gasteiger partial charge in [0, 0.05) is 11.0 Å².